The molecule has 0 atom stereocenters. The molecule has 0 saturated carbocycles. The summed E-state index contributed by atoms with van der Waals surface area (Å²) in [4.78, 5) is 14.3. The Morgan fingerprint density at radius 3 is 2.76 bits per heavy atom. The molecule has 0 N–H and O–H groups in total. The monoisotopic (exact) mass is 459 g/mol. The first-order valence-corrected chi connectivity index (χ1v) is 11.0. The van der Waals surface area contributed by atoms with Gasteiger partial charge in [0, 0.05) is 23.2 Å². The summed E-state index contributed by atoms with van der Waals surface area (Å²) in [5.41, 5.74) is 4.43. The molecule has 156 valence electrons. The van der Waals surface area contributed by atoms with Gasteiger partial charge in [-0.2, -0.15) is 0 Å². The molecular weight excluding hydrogens is 430 g/mol. The average Bonchev–Trinajstić information content (AvgIpc) is 2.66. The van der Waals surface area contributed by atoms with Crippen LogP contribution in [0.5, 0.6) is 5.75 Å². The van der Waals surface area contributed by atoms with Gasteiger partial charge in [0.2, 0.25) is 0 Å². The zero-order valence-corrected chi connectivity index (χ0v) is 19.3. The van der Waals surface area contributed by atoms with Crippen LogP contribution in [0.25, 0.3) is 0 Å². The smallest absolute Gasteiger partial charge is 0.308 e. The summed E-state index contributed by atoms with van der Waals surface area (Å²) in [6.45, 7) is 9.99. The number of hydrogen-bond acceptors (Lipinski definition) is 4. The topological polar surface area (TPSA) is 38.8 Å². The lowest BCUT2D eigenvalue weighted by atomic mass is 10.0. The van der Waals surface area contributed by atoms with Gasteiger partial charge in [0.1, 0.15) is 18.0 Å². The maximum Gasteiger partial charge on any atom is 0.308 e. The Morgan fingerprint density at radius 2 is 2.00 bits per heavy atom. The third-order valence-electron chi connectivity index (χ3n) is 5.05. The number of fused-ring (bicyclic) bond motifs is 1. The van der Waals surface area contributed by atoms with Crippen molar-refractivity contribution in [3.05, 3.63) is 57.6 Å². The van der Waals surface area contributed by atoms with Crippen molar-refractivity contribution in [1.82, 2.24) is 0 Å². The molecule has 0 saturated heterocycles. The minimum atomic E-state index is -0.435. The van der Waals surface area contributed by atoms with Crippen LogP contribution >= 0.6 is 15.9 Å². The minimum Gasteiger partial charge on any atom is -0.489 e. The van der Waals surface area contributed by atoms with Gasteiger partial charge >= 0.3 is 5.97 Å². The lowest BCUT2D eigenvalue weighted by molar-refractivity contribution is -0.154. The van der Waals surface area contributed by atoms with Gasteiger partial charge in [0.25, 0.3) is 0 Å². The summed E-state index contributed by atoms with van der Waals surface area (Å²) in [6.07, 6.45) is 2.51. The van der Waals surface area contributed by atoms with E-state index in [4.69, 9.17) is 9.47 Å². The van der Waals surface area contributed by atoms with E-state index < -0.39 is 5.60 Å². The molecule has 2 aromatic rings. The largest absolute Gasteiger partial charge is 0.489 e. The third-order valence-corrected chi connectivity index (χ3v) is 5.90. The number of hydrogen-bond donors (Lipinski definition) is 0. The number of esters is 1. The van der Waals surface area contributed by atoms with Gasteiger partial charge in [-0.1, -0.05) is 28.1 Å². The standard InChI is InChI=1S/C24H30BrNO3/c1-17-19(7-5-9-21(17)25)16-28-20-10-11-22-18(15-20)8-6-13-26(22)14-12-23(27)29-24(2,3)4/h5,7,9-11,15H,6,8,12-14,16H2,1-4H3. The Balaban J connectivity index is 1.63. The van der Waals surface area contributed by atoms with Gasteiger partial charge in [-0.25, -0.2) is 0 Å². The van der Waals surface area contributed by atoms with E-state index in [-0.39, 0.29) is 5.97 Å². The second-order valence-corrected chi connectivity index (χ2v) is 9.38. The summed E-state index contributed by atoms with van der Waals surface area (Å²) in [5.74, 6) is 0.742. The number of rotatable bonds is 6. The van der Waals surface area contributed by atoms with Gasteiger partial charge < -0.3 is 14.4 Å². The SMILES string of the molecule is Cc1c(Br)cccc1COc1ccc2c(c1)CCCN2CCC(=O)OC(C)(C)C. The molecule has 29 heavy (non-hydrogen) atoms. The van der Waals surface area contributed by atoms with Gasteiger partial charge in [-0.05, 0) is 81.5 Å². The average molecular weight is 460 g/mol. The quantitative estimate of drug-likeness (QED) is 0.510. The molecule has 4 nitrogen and oxygen atoms in total. The van der Waals surface area contributed by atoms with Crippen LogP contribution in [0.3, 0.4) is 0 Å². The highest BCUT2D eigenvalue weighted by Crippen LogP contribution is 2.31. The van der Waals surface area contributed by atoms with E-state index >= 15 is 0 Å². The summed E-state index contributed by atoms with van der Waals surface area (Å²) in [6, 6.07) is 12.5. The molecule has 2 aromatic carbocycles. The molecule has 1 aliphatic heterocycles. The zero-order valence-electron chi connectivity index (χ0n) is 17.8. The number of ether oxygens (including phenoxy) is 2. The molecule has 0 spiro atoms. The van der Waals surface area contributed by atoms with Crippen LogP contribution in [0.2, 0.25) is 0 Å². The minimum absolute atomic E-state index is 0.144. The van der Waals surface area contributed by atoms with Crippen molar-refractivity contribution in [2.24, 2.45) is 0 Å². The van der Waals surface area contributed by atoms with E-state index in [1.807, 2.05) is 39.0 Å². The predicted molar refractivity (Wildman–Crippen MR) is 121 cm³/mol. The van der Waals surface area contributed by atoms with Crippen LogP contribution in [-0.4, -0.2) is 24.7 Å². The fourth-order valence-electron chi connectivity index (χ4n) is 3.56. The Hall–Kier alpha value is -2.01. The number of carbonyl (C=O) groups is 1. The maximum atomic E-state index is 12.1. The molecule has 0 bridgehead atoms. The first kappa shape index (κ1) is 21.7. The highest BCUT2D eigenvalue weighted by molar-refractivity contribution is 9.10. The van der Waals surface area contributed by atoms with E-state index in [1.165, 1.54) is 22.4 Å². The second kappa shape index (κ2) is 9.21. The predicted octanol–water partition coefficient (Wildman–Crippen LogP) is 5.82. The molecule has 5 heteroatoms. The van der Waals surface area contributed by atoms with Crippen LogP contribution in [0.15, 0.2) is 40.9 Å². The van der Waals surface area contributed by atoms with Crippen molar-refractivity contribution in [2.75, 3.05) is 18.0 Å². The molecule has 0 aromatic heterocycles. The van der Waals surface area contributed by atoms with E-state index in [0.717, 1.165) is 29.6 Å². The van der Waals surface area contributed by atoms with Crippen molar-refractivity contribution < 1.29 is 14.3 Å². The highest BCUT2D eigenvalue weighted by atomic mass is 79.9. The van der Waals surface area contributed by atoms with Crippen molar-refractivity contribution in [1.29, 1.82) is 0 Å². The van der Waals surface area contributed by atoms with E-state index in [2.05, 4.69) is 46.0 Å². The Morgan fingerprint density at radius 1 is 1.21 bits per heavy atom. The fourth-order valence-corrected chi connectivity index (χ4v) is 3.97. The van der Waals surface area contributed by atoms with Crippen LogP contribution in [0.4, 0.5) is 5.69 Å². The molecule has 0 unspecified atom stereocenters. The molecule has 0 radical (unpaired) electrons. The summed E-state index contributed by atoms with van der Waals surface area (Å²) in [5, 5.41) is 0. The van der Waals surface area contributed by atoms with Crippen LogP contribution in [-0.2, 0) is 22.6 Å². The lowest BCUT2D eigenvalue weighted by Gasteiger charge is -2.31. The number of anilines is 1. The Labute approximate surface area is 182 Å². The number of aryl methyl sites for hydroxylation is 1. The van der Waals surface area contributed by atoms with Gasteiger partial charge in [-0.15, -0.1) is 0 Å². The summed E-state index contributed by atoms with van der Waals surface area (Å²) < 4.78 is 12.6. The number of carbonyl (C=O) groups excluding carboxylic acids is 1. The number of nitrogens with zero attached hydrogens (tertiary/aromatic N) is 1. The molecule has 0 aliphatic carbocycles. The molecule has 1 heterocycles. The maximum absolute atomic E-state index is 12.1. The van der Waals surface area contributed by atoms with Crippen molar-refractivity contribution >= 4 is 27.6 Å². The third kappa shape index (κ3) is 5.99. The normalized spacial score (nSPS) is 13.8. The van der Waals surface area contributed by atoms with Crippen LogP contribution in [0.1, 0.15) is 50.3 Å². The molecule has 0 amide bonds. The summed E-state index contributed by atoms with van der Waals surface area (Å²) >= 11 is 3.57. The molecule has 0 fully saturated rings. The highest BCUT2D eigenvalue weighted by Gasteiger charge is 2.21. The van der Waals surface area contributed by atoms with E-state index in [1.54, 1.807) is 0 Å². The number of halogens is 1. The number of benzene rings is 2. The van der Waals surface area contributed by atoms with Crippen LogP contribution in [0, 0.1) is 6.92 Å². The van der Waals surface area contributed by atoms with Crippen molar-refractivity contribution in [2.45, 2.75) is 59.2 Å². The first-order chi connectivity index (χ1) is 13.7. The second-order valence-electron chi connectivity index (χ2n) is 8.53. The van der Waals surface area contributed by atoms with Crippen molar-refractivity contribution in [3.8, 4) is 5.75 Å². The molecular formula is C24H30BrNO3. The van der Waals surface area contributed by atoms with E-state index in [9.17, 15) is 4.79 Å². The fraction of sp³-hybridized carbons (Fsp3) is 0.458. The van der Waals surface area contributed by atoms with Crippen molar-refractivity contribution in [3.63, 3.8) is 0 Å². The van der Waals surface area contributed by atoms with Crippen LogP contribution < -0.4 is 9.64 Å². The summed E-state index contributed by atoms with van der Waals surface area (Å²) in [7, 11) is 0. The zero-order chi connectivity index (χ0) is 21.0. The molecule has 3 rings (SSSR count). The van der Waals surface area contributed by atoms with E-state index in [0.29, 0.717) is 19.6 Å². The van der Waals surface area contributed by atoms with Gasteiger partial charge in [0.05, 0.1) is 6.42 Å². The molecule has 1 aliphatic rings. The Kier molecular flexibility index (Phi) is 6.89. The first-order valence-electron chi connectivity index (χ1n) is 10.2. The lowest BCUT2D eigenvalue weighted by Crippen LogP contribution is -2.33. The Bertz CT molecular complexity index is 873. The van der Waals surface area contributed by atoms with Gasteiger partial charge in [0.15, 0.2) is 0 Å². The van der Waals surface area contributed by atoms with Gasteiger partial charge in [-0.3, -0.25) is 4.79 Å².